The summed E-state index contributed by atoms with van der Waals surface area (Å²) in [5.74, 6) is 0.521. The van der Waals surface area contributed by atoms with Gasteiger partial charge in [-0.15, -0.1) is 0 Å². The fourth-order valence-corrected chi connectivity index (χ4v) is 6.82. The summed E-state index contributed by atoms with van der Waals surface area (Å²) < 4.78 is 0. The number of benzene rings is 5. The summed E-state index contributed by atoms with van der Waals surface area (Å²) in [4.78, 5) is 5.28. The lowest BCUT2D eigenvalue weighted by molar-refractivity contribution is 0.930. The Labute approximate surface area is 255 Å². The van der Waals surface area contributed by atoms with Gasteiger partial charge in [0.2, 0.25) is 0 Å². The molecule has 0 aromatic heterocycles. The molecule has 0 radical (unpaired) electrons. The van der Waals surface area contributed by atoms with Crippen LogP contribution >= 0.6 is 11.8 Å². The quantitative estimate of drug-likeness (QED) is 0.170. The molecular formula is C37H29N5S. The molecule has 0 saturated carbocycles. The van der Waals surface area contributed by atoms with E-state index in [-0.39, 0.29) is 5.84 Å². The number of rotatable bonds is 5. The van der Waals surface area contributed by atoms with Crippen molar-refractivity contribution in [3.63, 3.8) is 0 Å². The third-order valence-electron chi connectivity index (χ3n) is 7.83. The van der Waals surface area contributed by atoms with E-state index >= 15 is 0 Å². The van der Waals surface area contributed by atoms with E-state index in [0.29, 0.717) is 22.5 Å². The zero-order chi connectivity index (χ0) is 29.3. The van der Waals surface area contributed by atoms with Gasteiger partial charge in [0, 0.05) is 23.2 Å². The maximum Gasteiger partial charge on any atom is 0.168 e. The fourth-order valence-electron chi connectivity index (χ4n) is 5.95. The number of hydrogen-bond donors (Lipinski definition) is 4. The lowest BCUT2D eigenvalue weighted by atomic mass is 9.79. The van der Waals surface area contributed by atoms with E-state index in [9.17, 15) is 5.41 Å². The molecule has 0 fully saturated rings. The highest BCUT2D eigenvalue weighted by Gasteiger charge is 2.36. The van der Waals surface area contributed by atoms with E-state index in [4.69, 9.17) is 5.41 Å². The highest BCUT2D eigenvalue weighted by Crippen LogP contribution is 2.50. The van der Waals surface area contributed by atoms with Crippen molar-refractivity contribution in [1.82, 2.24) is 10.6 Å². The molecule has 5 aromatic rings. The highest BCUT2D eigenvalue weighted by atomic mass is 32.2. The first kappa shape index (κ1) is 26.7. The second-order valence-electron chi connectivity index (χ2n) is 10.5. The van der Waals surface area contributed by atoms with E-state index in [0.717, 1.165) is 61.3 Å². The molecule has 0 spiro atoms. The zero-order valence-corrected chi connectivity index (χ0v) is 24.4. The summed E-state index contributed by atoms with van der Waals surface area (Å²) >= 11 is 1.45. The maximum absolute atomic E-state index is 9.28. The maximum atomic E-state index is 9.28. The Kier molecular flexibility index (Phi) is 6.97. The third kappa shape index (κ3) is 4.86. The summed E-state index contributed by atoms with van der Waals surface area (Å²) in [6.07, 6.45) is 0. The zero-order valence-electron chi connectivity index (χ0n) is 23.6. The summed E-state index contributed by atoms with van der Waals surface area (Å²) in [5.41, 5.74) is 11.3. The number of nitrogens with zero attached hydrogens (tertiary/aromatic N) is 1. The molecule has 5 aromatic carbocycles. The molecule has 0 amide bonds. The second-order valence-corrected chi connectivity index (χ2v) is 11.5. The first-order valence-corrected chi connectivity index (χ1v) is 15.0. The van der Waals surface area contributed by atoms with Crippen LogP contribution < -0.4 is 10.6 Å². The summed E-state index contributed by atoms with van der Waals surface area (Å²) in [7, 11) is 0. The summed E-state index contributed by atoms with van der Waals surface area (Å²) in [6, 6.07) is 41.4. The van der Waals surface area contributed by atoms with Gasteiger partial charge in [0.1, 0.15) is 5.84 Å². The Balaban J connectivity index is 1.45. The Morgan fingerprint density at radius 3 is 1.67 bits per heavy atom. The number of amidine groups is 3. The van der Waals surface area contributed by atoms with Gasteiger partial charge in [0.25, 0.3) is 0 Å². The van der Waals surface area contributed by atoms with Gasteiger partial charge in [-0.3, -0.25) is 10.8 Å². The van der Waals surface area contributed by atoms with Gasteiger partial charge in [-0.05, 0) is 57.6 Å². The topological polar surface area (TPSA) is 84.1 Å². The van der Waals surface area contributed by atoms with Crippen LogP contribution in [0.3, 0.4) is 0 Å². The Bertz CT molecular complexity index is 1930. The monoisotopic (exact) mass is 575 g/mol. The first-order valence-electron chi connectivity index (χ1n) is 14.2. The van der Waals surface area contributed by atoms with Crippen molar-refractivity contribution < 1.29 is 0 Å². The minimum absolute atomic E-state index is 0.192. The van der Waals surface area contributed by atoms with Crippen LogP contribution in [0.25, 0.3) is 39.1 Å². The number of nitrogens with one attached hydrogen (secondary N) is 4. The van der Waals surface area contributed by atoms with Crippen LogP contribution in [0, 0.1) is 17.7 Å². The van der Waals surface area contributed by atoms with Crippen molar-refractivity contribution >= 4 is 34.3 Å². The molecule has 2 aliphatic rings. The molecule has 43 heavy (non-hydrogen) atoms. The van der Waals surface area contributed by atoms with Crippen LogP contribution in [0.15, 0.2) is 131 Å². The van der Waals surface area contributed by atoms with Gasteiger partial charge in [-0.2, -0.15) is 0 Å². The average molecular weight is 576 g/mol. The molecule has 0 atom stereocenters. The molecule has 0 unspecified atom stereocenters. The molecule has 0 saturated heterocycles. The number of thioether (sulfide) groups is 1. The first-order chi connectivity index (χ1) is 21.1. The van der Waals surface area contributed by atoms with Gasteiger partial charge in [0.15, 0.2) is 11.0 Å². The Morgan fingerprint density at radius 2 is 1.12 bits per heavy atom. The predicted octanol–water partition coefficient (Wildman–Crippen LogP) is 8.46. The minimum Gasteiger partial charge on any atom is -0.360 e. The van der Waals surface area contributed by atoms with Gasteiger partial charge < -0.3 is 10.6 Å². The molecular weight excluding hydrogens is 547 g/mol. The van der Waals surface area contributed by atoms with E-state index in [2.05, 4.69) is 95.3 Å². The van der Waals surface area contributed by atoms with Crippen molar-refractivity contribution in [2.24, 2.45) is 4.99 Å². The SMILES string of the molecule is Cc1c2c(c(-c3ccccc3)c(-c3ccccc3)c1-c1ccccc1)C(=N)NC2=C1SC(NCc2ccccc2)=NC1=N. The smallest absolute Gasteiger partial charge is 0.168 e. The van der Waals surface area contributed by atoms with Crippen LogP contribution in [0.1, 0.15) is 22.3 Å². The normalized spacial score (nSPS) is 15.7. The third-order valence-corrected chi connectivity index (χ3v) is 8.86. The van der Waals surface area contributed by atoms with E-state index < -0.39 is 0 Å². The van der Waals surface area contributed by atoms with Crippen molar-refractivity contribution in [1.29, 1.82) is 10.8 Å². The van der Waals surface area contributed by atoms with Gasteiger partial charge in [-0.25, -0.2) is 4.99 Å². The number of fused-ring (bicyclic) bond motifs is 1. The van der Waals surface area contributed by atoms with E-state index in [1.54, 1.807) is 0 Å². The lowest BCUT2D eigenvalue weighted by Gasteiger charge is -2.23. The molecule has 4 N–H and O–H groups in total. The number of hydrogen-bond acceptors (Lipinski definition) is 4. The van der Waals surface area contributed by atoms with Gasteiger partial charge in [0.05, 0.1) is 10.6 Å². The molecule has 5 nitrogen and oxygen atoms in total. The summed E-state index contributed by atoms with van der Waals surface area (Å²) in [6.45, 7) is 2.76. The van der Waals surface area contributed by atoms with Crippen molar-refractivity contribution in [3.8, 4) is 33.4 Å². The number of aliphatic imine (C=N–C) groups is 1. The van der Waals surface area contributed by atoms with Crippen molar-refractivity contribution in [2.45, 2.75) is 13.5 Å². The Hall–Kier alpha value is -5.20. The molecule has 7 rings (SSSR count). The molecule has 0 bridgehead atoms. The molecule has 6 heteroatoms. The molecule has 0 aliphatic carbocycles. The van der Waals surface area contributed by atoms with Crippen molar-refractivity contribution in [3.05, 3.63) is 148 Å². The summed E-state index contributed by atoms with van der Waals surface area (Å²) in [5, 5.41) is 25.6. The van der Waals surface area contributed by atoms with Gasteiger partial charge in [-0.1, -0.05) is 121 Å². The molecule has 2 aliphatic heterocycles. The predicted molar refractivity (Wildman–Crippen MR) is 180 cm³/mol. The standard InChI is InChI=1S/C37H29N5S/c1-23-28(25-16-8-3-9-17-25)30(26-18-10-4-11-19-26)31(27-20-12-5-13-21-27)32-29(23)33(41-35(32)38)34-36(39)42-37(43-34)40-22-24-14-6-2-7-15-24/h2-21H,22H2,1H3,(H2,38,41)(H2,39,40,42). The van der Waals surface area contributed by atoms with Crippen LogP contribution in [0.4, 0.5) is 0 Å². The van der Waals surface area contributed by atoms with Crippen LogP contribution in [-0.4, -0.2) is 16.8 Å². The minimum atomic E-state index is 0.192. The van der Waals surface area contributed by atoms with Crippen LogP contribution in [0.2, 0.25) is 0 Å². The van der Waals surface area contributed by atoms with Crippen LogP contribution in [0.5, 0.6) is 0 Å². The van der Waals surface area contributed by atoms with E-state index in [1.165, 1.54) is 11.8 Å². The molecule has 208 valence electrons. The lowest BCUT2D eigenvalue weighted by Crippen LogP contribution is -2.18. The average Bonchev–Trinajstić information content (AvgIpc) is 3.60. The molecule has 2 heterocycles. The van der Waals surface area contributed by atoms with Crippen LogP contribution in [-0.2, 0) is 6.54 Å². The highest BCUT2D eigenvalue weighted by molar-refractivity contribution is 8.18. The van der Waals surface area contributed by atoms with E-state index in [1.807, 2.05) is 48.5 Å². The Morgan fingerprint density at radius 1 is 0.628 bits per heavy atom. The second kappa shape index (κ2) is 11.2. The van der Waals surface area contributed by atoms with Gasteiger partial charge >= 0.3 is 0 Å². The van der Waals surface area contributed by atoms with Crippen molar-refractivity contribution in [2.75, 3.05) is 0 Å². The largest absolute Gasteiger partial charge is 0.360 e. The fraction of sp³-hybridized carbons (Fsp3) is 0.0541.